The normalized spacial score (nSPS) is 10.8. The SMILES string of the molecule is Cc1cccc(C)c1OC(=O)N(CCc1ccccc1)c1ccnc(Nc2ccc(OCCCN(C)C)cc2)n1. The van der Waals surface area contributed by atoms with Crippen LogP contribution >= 0.6 is 0 Å². The van der Waals surface area contributed by atoms with Crippen LogP contribution in [0.2, 0.25) is 0 Å². The summed E-state index contributed by atoms with van der Waals surface area (Å²) < 4.78 is 11.7. The van der Waals surface area contributed by atoms with Crippen molar-refractivity contribution in [3.63, 3.8) is 0 Å². The lowest BCUT2D eigenvalue weighted by molar-refractivity contribution is 0.206. The molecule has 1 N–H and O–H groups in total. The summed E-state index contributed by atoms with van der Waals surface area (Å²) >= 11 is 0. The topological polar surface area (TPSA) is 79.8 Å². The van der Waals surface area contributed by atoms with E-state index in [2.05, 4.69) is 20.2 Å². The number of aryl methyl sites for hydroxylation is 2. The van der Waals surface area contributed by atoms with E-state index in [1.165, 1.54) is 0 Å². The molecule has 40 heavy (non-hydrogen) atoms. The van der Waals surface area contributed by atoms with Crippen LogP contribution in [0.15, 0.2) is 85.1 Å². The van der Waals surface area contributed by atoms with E-state index < -0.39 is 6.09 Å². The van der Waals surface area contributed by atoms with E-state index >= 15 is 0 Å². The Kier molecular flexibility index (Phi) is 10.1. The lowest BCUT2D eigenvalue weighted by Gasteiger charge is -2.22. The summed E-state index contributed by atoms with van der Waals surface area (Å²) in [5.41, 5.74) is 3.72. The Bertz CT molecular complexity index is 1360. The van der Waals surface area contributed by atoms with Crippen molar-refractivity contribution in [2.75, 3.05) is 44.0 Å². The number of rotatable bonds is 12. The number of aromatic nitrogens is 2. The number of ether oxygens (including phenoxy) is 2. The van der Waals surface area contributed by atoms with Gasteiger partial charge in [0.15, 0.2) is 0 Å². The molecule has 0 radical (unpaired) electrons. The lowest BCUT2D eigenvalue weighted by Crippen LogP contribution is -2.36. The van der Waals surface area contributed by atoms with Gasteiger partial charge in [0, 0.05) is 25.0 Å². The van der Waals surface area contributed by atoms with Crippen LogP contribution in [0.3, 0.4) is 0 Å². The highest BCUT2D eigenvalue weighted by Crippen LogP contribution is 2.25. The van der Waals surface area contributed by atoms with Crippen molar-refractivity contribution >= 4 is 23.5 Å². The molecule has 4 rings (SSSR count). The number of carbonyl (C=O) groups is 1. The maximum Gasteiger partial charge on any atom is 0.420 e. The van der Waals surface area contributed by atoms with Gasteiger partial charge in [-0.05, 0) is 87.8 Å². The van der Waals surface area contributed by atoms with Crippen molar-refractivity contribution in [3.05, 3.63) is 102 Å². The molecule has 0 atom stereocenters. The second-order valence-electron chi connectivity index (χ2n) is 9.87. The smallest absolute Gasteiger partial charge is 0.420 e. The fourth-order valence-electron chi connectivity index (χ4n) is 4.18. The van der Waals surface area contributed by atoms with Crippen LogP contribution in [0.4, 0.5) is 22.2 Å². The first kappa shape index (κ1) is 28.6. The molecule has 0 aliphatic carbocycles. The Labute approximate surface area is 236 Å². The molecule has 1 heterocycles. The molecule has 208 valence electrons. The largest absolute Gasteiger partial charge is 0.494 e. The summed E-state index contributed by atoms with van der Waals surface area (Å²) in [5, 5.41) is 3.23. The summed E-state index contributed by atoms with van der Waals surface area (Å²) in [7, 11) is 4.10. The van der Waals surface area contributed by atoms with Crippen LogP contribution in [0.1, 0.15) is 23.1 Å². The van der Waals surface area contributed by atoms with Crippen LogP contribution in [-0.4, -0.2) is 54.8 Å². The second-order valence-corrected chi connectivity index (χ2v) is 9.87. The van der Waals surface area contributed by atoms with Gasteiger partial charge >= 0.3 is 6.09 Å². The van der Waals surface area contributed by atoms with Gasteiger partial charge in [-0.2, -0.15) is 4.98 Å². The maximum atomic E-state index is 13.5. The van der Waals surface area contributed by atoms with Gasteiger partial charge in [-0.15, -0.1) is 0 Å². The van der Waals surface area contributed by atoms with Gasteiger partial charge in [-0.1, -0.05) is 48.5 Å². The Morgan fingerprint density at radius 1 is 0.875 bits per heavy atom. The van der Waals surface area contributed by atoms with Gasteiger partial charge in [0.25, 0.3) is 0 Å². The Balaban J connectivity index is 1.48. The summed E-state index contributed by atoms with van der Waals surface area (Å²) in [4.78, 5) is 26.2. The minimum Gasteiger partial charge on any atom is -0.494 e. The summed E-state index contributed by atoms with van der Waals surface area (Å²) in [6.07, 6.45) is 2.74. The molecule has 4 aromatic rings. The molecule has 3 aromatic carbocycles. The first-order chi connectivity index (χ1) is 19.4. The highest BCUT2D eigenvalue weighted by atomic mass is 16.6. The average Bonchev–Trinajstić information content (AvgIpc) is 2.95. The van der Waals surface area contributed by atoms with Crippen molar-refractivity contribution in [3.8, 4) is 11.5 Å². The molecule has 8 nitrogen and oxygen atoms in total. The molecule has 1 aromatic heterocycles. The van der Waals surface area contributed by atoms with Gasteiger partial charge in [0.05, 0.1) is 6.61 Å². The quantitative estimate of drug-likeness (QED) is 0.208. The number of carbonyl (C=O) groups excluding carboxylic acids is 1. The van der Waals surface area contributed by atoms with Gasteiger partial charge < -0.3 is 19.7 Å². The number of hydrogen-bond acceptors (Lipinski definition) is 7. The van der Waals surface area contributed by atoms with Gasteiger partial charge in [-0.3, -0.25) is 4.90 Å². The fraction of sp³-hybridized carbons (Fsp3) is 0.281. The summed E-state index contributed by atoms with van der Waals surface area (Å²) in [6.45, 7) is 5.89. The molecule has 8 heteroatoms. The van der Waals surface area contributed by atoms with Crippen LogP contribution in [0.25, 0.3) is 0 Å². The van der Waals surface area contributed by atoms with Crippen molar-refractivity contribution in [1.82, 2.24) is 14.9 Å². The zero-order valence-corrected chi connectivity index (χ0v) is 23.6. The van der Waals surface area contributed by atoms with Crippen LogP contribution in [0, 0.1) is 13.8 Å². The highest BCUT2D eigenvalue weighted by molar-refractivity contribution is 5.88. The van der Waals surface area contributed by atoms with E-state index in [4.69, 9.17) is 9.47 Å². The third-order valence-electron chi connectivity index (χ3n) is 6.33. The molecule has 0 saturated heterocycles. The first-order valence-corrected chi connectivity index (χ1v) is 13.5. The monoisotopic (exact) mass is 539 g/mol. The predicted molar refractivity (Wildman–Crippen MR) is 160 cm³/mol. The van der Waals surface area contributed by atoms with E-state index in [1.54, 1.807) is 17.2 Å². The summed E-state index contributed by atoms with van der Waals surface area (Å²) in [5.74, 6) is 2.20. The third kappa shape index (κ3) is 8.28. The van der Waals surface area contributed by atoms with Gasteiger partial charge in [0.1, 0.15) is 17.3 Å². The number of nitrogens with one attached hydrogen (secondary N) is 1. The summed E-state index contributed by atoms with van der Waals surface area (Å²) in [6, 6.07) is 25.2. The molecule has 0 spiro atoms. The maximum absolute atomic E-state index is 13.5. The van der Waals surface area contributed by atoms with Gasteiger partial charge in [-0.25, -0.2) is 9.78 Å². The van der Waals surface area contributed by atoms with E-state index in [-0.39, 0.29) is 0 Å². The van der Waals surface area contributed by atoms with Crippen LogP contribution in [0.5, 0.6) is 11.5 Å². The minimum atomic E-state index is -0.492. The van der Waals surface area contributed by atoms with E-state index in [9.17, 15) is 4.79 Å². The number of para-hydroxylation sites is 1. The zero-order valence-electron chi connectivity index (χ0n) is 23.6. The zero-order chi connectivity index (χ0) is 28.3. The Morgan fingerprint density at radius 3 is 2.30 bits per heavy atom. The van der Waals surface area contributed by atoms with Crippen LogP contribution < -0.4 is 19.7 Å². The van der Waals surface area contributed by atoms with Crippen LogP contribution in [-0.2, 0) is 6.42 Å². The van der Waals surface area contributed by atoms with Crippen molar-refractivity contribution in [2.45, 2.75) is 26.7 Å². The van der Waals surface area contributed by atoms with Crippen molar-refractivity contribution < 1.29 is 14.3 Å². The van der Waals surface area contributed by atoms with E-state index in [0.717, 1.165) is 41.1 Å². The van der Waals surface area contributed by atoms with E-state index in [0.29, 0.717) is 37.1 Å². The molecule has 0 unspecified atom stereocenters. The first-order valence-electron chi connectivity index (χ1n) is 13.5. The number of anilines is 3. The minimum absolute atomic E-state index is 0.377. The number of nitrogens with zero attached hydrogens (tertiary/aromatic N) is 4. The molecule has 0 aliphatic rings. The molecular weight excluding hydrogens is 502 g/mol. The van der Waals surface area contributed by atoms with Crippen molar-refractivity contribution in [1.29, 1.82) is 0 Å². The molecule has 0 bridgehead atoms. The molecule has 1 amide bonds. The third-order valence-corrected chi connectivity index (χ3v) is 6.33. The number of hydrogen-bond donors (Lipinski definition) is 1. The molecule has 0 aliphatic heterocycles. The van der Waals surface area contributed by atoms with E-state index in [1.807, 2.05) is 101 Å². The standard InChI is InChI=1S/C32H37N5O3/c1-24-10-8-11-25(2)30(24)40-32(38)37(22-19-26-12-6-5-7-13-26)29-18-20-33-31(35-29)34-27-14-16-28(17-15-27)39-23-9-21-36(3)4/h5-8,10-18,20H,9,19,21-23H2,1-4H3,(H,33,34,35). The highest BCUT2D eigenvalue weighted by Gasteiger charge is 2.21. The number of benzene rings is 3. The van der Waals surface area contributed by atoms with Gasteiger partial charge in [0.2, 0.25) is 5.95 Å². The Hall–Kier alpha value is -4.43. The predicted octanol–water partition coefficient (Wildman–Crippen LogP) is 6.42. The second kappa shape index (κ2) is 14.1. The lowest BCUT2D eigenvalue weighted by atomic mass is 10.1. The van der Waals surface area contributed by atoms with Crippen molar-refractivity contribution in [2.24, 2.45) is 0 Å². The molecular formula is C32H37N5O3. The molecule has 0 saturated carbocycles. The fourth-order valence-corrected chi connectivity index (χ4v) is 4.18. The average molecular weight is 540 g/mol. The molecule has 0 fully saturated rings. The Morgan fingerprint density at radius 2 is 1.60 bits per heavy atom. The number of amides is 1.